The van der Waals surface area contributed by atoms with Gasteiger partial charge in [-0.25, -0.2) is 0 Å². The van der Waals surface area contributed by atoms with Crippen molar-refractivity contribution in [1.82, 2.24) is 5.32 Å². The summed E-state index contributed by atoms with van der Waals surface area (Å²) < 4.78 is 16.9. The van der Waals surface area contributed by atoms with E-state index in [4.69, 9.17) is 14.2 Å². The van der Waals surface area contributed by atoms with Crippen molar-refractivity contribution in [2.75, 3.05) is 13.7 Å². The molecular formula is C21H25NO4. The van der Waals surface area contributed by atoms with Gasteiger partial charge in [-0.05, 0) is 50.6 Å². The molecule has 1 heterocycles. The van der Waals surface area contributed by atoms with Crippen LogP contribution in [0.15, 0.2) is 30.3 Å². The fourth-order valence-corrected chi connectivity index (χ4v) is 3.15. The molecule has 1 N–H and O–H groups in total. The molecule has 5 nitrogen and oxygen atoms in total. The molecule has 0 saturated carbocycles. The number of carbonyl (C=O) groups is 1. The molecule has 1 unspecified atom stereocenters. The Morgan fingerprint density at radius 3 is 2.81 bits per heavy atom. The van der Waals surface area contributed by atoms with Crippen molar-refractivity contribution >= 4 is 5.91 Å². The highest BCUT2D eigenvalue weighted by molar-refractivity contribution is 5.94. The molecule has 2 aromatic rings. The molecule has 0 aliphatic carbocycles. The lowest BCUT2D eigenvalue weighted by Gasteiger charge is -2.14. The summed E-state index contributed by atoms with van der Waals surface area (Å²) in [5.41, 5.74) is 3.62. The first-order valence-corrected chi connectivity index (χ1v) is 8.90. The van der Waals surface area contributed by atoms with Crippen LogP contribution in [0.25, 0.3) is 0 Å². The van der Waals surface area contributed by atoms with E-state index in [-0.39, 0.29) is 12.0 Å². The Labute approximate surface area is 154 Å². The third-order valence-corrected chi connectivity index (χ3v) is 4.49. The van der Waals surface area contributed by atoms with Gasteiger partial charge in [0.1, 0.15) is 23.4 Å². The van der Waals surface area contributed by atoms with E-state index in [2.05, 4.69) is 5.32 Å². The molecule has 138 valence electrons. The highest BCUT2D eigenvalue weighted by Crippen LogP contribution is 2.35. The summed E-state index contributed by atoms with van der Waals surface area (Å²) in [7, 11) is 1.60. The number of amides is 1. The lowest BCUT2D eigenvalue weighted by atomic mass is 10.1. The van der Waals surface area contributed by atoms with E-state index >= 15 is 0 Å². The Morgan fingerprint density at radius 2 is 2.08 bits per heavy atom. The topological polar surface area (TPSA) is 56.8 Å². The zero-order chi connectivity index (χ0) is 18.7. The molecule has 1 amide bonds. The van der Waals surface area contributed by atoms with Crippen molar-refractivity contribution in [3.8, 4) is 17.2 Å². The van der Waals surface area contributed by atoms with Crippen molar-refractivity contribution < 1.29 is 19.0 Å². The van der Waals surface area contributed by atoms with Gasteiger partial charge >= 0.3 is 0 Å². The SMILES string of the molecule is CCOc1cc2c(cc1CNC(=O)c1ccc(C)c(OC)c1)OC(C)C2. The molecule has 26 heavy (non-hydrogen) atoms. The molecule has 0 fully saturated rings. The molecule has 1 aliphatic rings. The zero-order valence-electron chi connectivity index (χ0n) is 15.7. The third kappa shape index (κ3) is 3.77. The van der Waals surface area contributed by atoms with Gasteiger partial charge in [-0.3, -0.25) is 4.79 Å². The molecule has 0 bridgehead atoms. The summed E-state index contributed by atoms with van der Waals surface area (Å²) in [6.07, 6.45) is 1.05. The smallest absolute Gasteiger partial charge is 0.251 e. The Morgan fingerprint density at radius 1 is 1.27 bits per heavy atom. The third-order valence-electron chi connectivity index (χ3n) is 4.49. The molecule has 0 saturated heterocycles. The largest absolute Gasteiger partial charge is 0.496 e. The number of ether oxygens (including phenoxy) is 3. The molecule has 0 aromatic heterocycles. The van der Waals surface area contributed by atoms with Crippen LogP contribution in [0.4, 0.5) is 0 Å². The molecule has 5 heteroatoms. The van der Waals surface area contributed by atoms with Crippen LogP contribution in [0.2, 0.25) is 0 Å². The van der Waals surface area contributed by atoms with E-state index in [0.29, 0.717) is 24.5 Å². The predicted octanol–water partition coefficient (Wildman–Crippen LogP) is 3.66. The van der Waals surface area contributed by atoms with Crippen LogP contribution in [0, 0.1) is 6.92 Å². The maximum Gasteiger partial charge on any atom is 0.251 e. The van der Waals surface area contributed by atoms with Crippen molar-refractivity contribution in [3.63, 3.8) is 0 Å². The number of fused-ring (bicyclic) bond motifs is 1. The first-order chi connectivity index (χ1) is 12.5. The summed E-state index contributed by atoms with van der Waals surface area (Å²) in [6, 6.07) is 9.42. The average molecular weight is 355 g/mol. The number of benzene rings is 2. The number of nitrogens with one attached hydrogen (secondary N) is 1. The average Bonchev–Trinajstić information content (AvgIpc) is 2.99. The lowest BCUT2D eigenvalue weighted by molar-refractivity contribution is 0.0950. The first-order valence-electron chi connectivity index (χ1n) is 8.90. The molecule has 0 spiro atoms. The van der Waals surface area contributed by atoms with E-state index in [1.165, 1.54) is 0 Å². The summed E-state index contributed by atoms with van der Waals surface area (Å²) in [6.45, 7) is 6.89. The van der Waals surface area contributed by atoms with Gasteiger partial charge in [0.15, 0.2) is 0 Å². The molecule has 0 radical (unpaired) electrons. The van der Waals surface area contributed by atoms with Crippen molar-refractivity contribution in [3.05, 3.63) is 52.6 Å². The molecule has 3 rings (SSSR count). The quantitative estimate of drug-likeness (QED) is 0.859. The number of carbonyl (C=O) groups excluding carboxylic acids is 1. The Kier molecular flexibility index (Phi) is 5.35. The minimum Gasteiger partial charge on any atom is -0.496 e. The van der Waals surface area contributed by atoms with Gasteiger partial charge in [0.25, 0.3) is 5.91 Å². The first kappa shape index (κ1) is 18.1. The molecule has 1 atom stereocenters. The highest BCUT2D eigenvalue weighted by atomic mass is 16.5. The molecule has 2 aromatic carbocycles. The van der Waals surface area contributed by atoms with Crippen molar-refractivity contribution in [2.24, 2.45) is 0 Å². The maximum atomic E-state index is 12.5. The monoisotopic (exact) mass is 355 g/mol. The van der Waals surface area contributed by atoms with Crippen LogP contribution < -0.4 is 19.5 Å². The van der Waals surface area contributed by atoms with E-state index in [0.717, 1.165) is 34.6 Å². The summed E-state index contributed by atoms with van der Waals surface area (Å²) >= 11 is 0. The Bertz CT molecular complexity index is 816. The van der Waals surface area contributed by atoms with E-state index in [9.17, 15) is 4.79 Å². The van der Waals surface area contributed by atoms with E-state index in [1.54, 1.807) is 19.2 Å². The summed E-state index contributed by atoms with van der Waals surface area (Å²) in [5.74, 6) is 2.22. The standard InChI is InChI=1S/C21H25NO4/c1-5-25-19-10-16-8-14(3)26-20(16)11-17(19)12-22-21(23)15-7-6-13(2)18(9-15)24-4/h6-7,9-11,14H,5,8,12H2,1-4H3,(H,22,23). The minimum atomic E-state index is -0.152. The van der Waals surface area contributed by atoms with Gasteiger partial charge in [-0.2, -0.15) is 0 Å². The van der Waals surface area contributed by atoms with Gasteiger partial charge in [-0.15, -0.1) is 0 Å². The van der Waals surface area contributed by atoms with Crippen LogP contribution in [-0.2, 0) is 13.0 Å². The number of methoxy groups -OCH3 is 1. The van der Waals surface area contributed by atoms with Gasteiger partial charge in [0.05, 0.1) is 13.7 Å². The van der Waals surface area contributed by atoms with Crippen LogP contribution in [0.1, 0.15) is 40.9 Å². The summed E-state index contributed by atoms with van der Waals surface area (Å²) in [5, 5.41) is 2.96. The van der Waals surface area contributed by atoms with Gasteiger partial charge in [0, 0.05) is 29.7 Å². The Hall–Kier alpha value is -2.69. The highest BCUT2D eigenvalue weighted by Gasteiger charge is 2.22. The predicted molar refractivity (Wildman–Crippen MR) is 100 cm³/mol. The fraction of sp³-hybridized carbons (Fsp3) is 0.381. The van der Waals surface area contributed by atoms with Crippen LogP contribution in [0.3, 0.4) is 0 Å². The second-order valence-corrected chi connectivity index (χ2v) is 6.50. The van der Waals surface area contributed by atoms with Crippen molar-refractivity contribution in [1.29, 1.82) is 0 Å². The van der Waals surface area contributed by atoms with Crippen LogP contribution in [0.5, 0.6) is 17.2 Å². The van der Waals surface area contributed by atoms with Gasteiger partial charge in [-0.1, -0.05) is 6.07 Å². The normalized spacial score (nSPS) is 15.2. The minimum absolute atomic E-state index is 0.152. The second kappa shape index (κ2) is 7.68. The van der Waals surface area contributed by atoms with Crippen LogP contribution >= 0.6 is 0 Å². The zero-order valence-corrected chi connectivity index (χ0v) is 15.7. The maximum absolute atomic E-state index is 12.5. The fourth-order valence-electron chi connectivity index (χ4n) is 3.15. The van der Waals surface area contributed by atoms with Crippen LogP contribution in [-0.4, -0.2) is 25.7 Å². The lowest BCUT2D eigenvalue weighted by Crippen LogP contribution is -2.23. The number of aryl methyl sites for hydroxylation is 1. The number of hydrogen-bond acceptors (Lipinski definition) is 4. The van der Waals surface area contributed by atoms with Crippen molar-refractivity contribution in [2.45, 2.75) is 39.8 Å². The molecular weight excluding hydrogens is 330 g/mol. The number of hydrogen-bond donors (Lipinski definition) is 1. The van der Waals surface area contributed by atoms with E-state index in [1.807, 2.05) is 39.0 Å². The van der Waals surface area contributed by atoms with E-state index < -0.39 is 0 Å². The number of rotatable bonds is 6. The van der Waals surface area contributed by atoms with Gasteiger partial charge in [0.2, 0.25) is 0 Å². The second-order valence-electron chi connectivity index (χ2n) is 6.50. The Balaban J connectivity index is 1.76. The summed E-state index contributed by atoms with van der Waals surface area (Å²) in [4.78, 5) is 12.5. The molecule has 1 aliphatic heterocycles. The van der Waals surface area contributed by atoms with Gasteiger partial charge < -0.3 is 19.5 Å².